The quantitative estimate of drug-likeness (QED) is 0.628. The van der Waals surface area contributed by atoms with E-state index in [-0.39, 0.29) is 18.4 Å². The Balaban J connectivity index is 1.61. The van der Waals surface area contributed by atoms with Crippen LogP contribution in [0.25, 0.3) is 16.5 Å². The molecule has 1 saturated carbocycles. The lowest BCUT2D eigenvalue weighted by molar-refractivity contribution is -0.117. The van der Waals surface area contributed by atoms with Crippen LogP contribution in [0.2, 0.25) is 0 Å². The fourth-order valence-electron chi connectivity index (χ4n) is 3.81. The minimum atomic E-state index is -1.06. The first-order valence-corrected chi connectivity index (χ1v) is 10.5. The fourth-order valence-corrected chi connectivity index (χ4v) is 3.81. The monoisotopic (exact) mass is 426 g/mol. The van der Waals surface area contributed by atoms with Crippen LogP contribution in [0, 0.1) is 5.92 Å². The molecule has 3 heterocycles. The van der Waals surface area contributed by atoms with Crippen LogP contribution >= 0.6 is 0 Å². The number of dihydropyridines is 1. The van der Waals surface area contributed by atoms with E-state index in [0.29, 0.717) is 17.2 Å². The molecule has 31 heavy (non-hydrogen) atoms. The lowest BCUT2D eigenvalue weighted by Gasteiger charge is -2.26. The number of methoxy groups -OCH3 is 1. The number of halogens is 1. The van der Waals surface area contributed by atoms with Gasteiger partial charge in [0.25, 0.3) is 0 Å². The van der Waals surface area contributed by atoms with Gasteiger partial charge in [0.05, 0.1) is 30.7 Å². The third kappa shape index (κ3) is 4.39. The molecule has 0 bridgehead atoms. The second-order valence-corrected chi connectivity index (χ2v) is 8.11. The summed E-state index contributed by atoms with van der Waals surface area (Å²) in [5.41, 5.74) is 3.35. The zero-order chi connectivity index (χ0) is 22.1. The molecule has 4 unspecified atom stereocenters. The van der Waals surface area contributed by atoms with Crippen LogP contribution in [0.15, 0.2) is 36.2 Å². The number of anilines is 1. The van der Waals surface area contributed by atoms with Gasteiger partial charge in [-0.05, 0) is 31.4 Å². The first-order valence-electron chi connectivity index (χ1n) is 10.5. The average molecular weight is 426 g/mol. The van der Waals surface area contributed by atoms with Crippen molar-refractivity contribution in [2.45, 2.75) is 51.4 Å². The maximum Gasteiger partial charge on any atom is 0.231 e. The van der Waals surface area contributed by atoms with Crippen LogP contribution in [0.3, 0.4) is 0 Å². The Morgan fingerprint density at radius 3 is 2.87 bits per heavy atom. The van der Waals surface area contributed by atoms with E-state index >= 15 is 0 Å². The molecule has 4 atom stereocenters. The number of hydrogen-bond acceptors (Lipinski definition) is 6. The first kappa shape index (κ1) is 21.2. The molecule has 1 fully saturated rings. The van der Waals surface area contributed by atoms with Gasteiger partial charge >= 0.3 is 0 Å². The summed E-state index contributed by atoms with van der Waals surface area (Å²) in [5, 5.41) is 17.0. The van der Waals surface area contributed by atoms with E-state index in [2.05, 4.69) is 20.6 Å². The minimum Gasteiger partial charge on any atom is -0.481 e. The van der Waals surface area contributed by atoms with Crippen molar-refractivity contribution in [1.82, 2.24) is 15.3 Å². The highest BCUT2D eigenvalue weighted by molar-refractivity contribution is 5.96. The summed E-state index contributed by atoms with van der Waals surface area (Å²) in [5.74, 6) is -0.166. The van der Waals surface area contributed by atoms with Crippen molar-refractivity contribution in [2.75, 3.05) is 12.4 Å². The lowest BCUT2D eigenvalue weighted by atomic mass is 9.93. The molecule has 0 saturated heterocycles. The normalized spacial score (nSPS) is 23.5. The molecule has 2 aliphatic rings. The van der Waals surface area contributed by atoms with E-state index in [1.807, 2.05) is 32.2 Å². The van der Waals surface area contributed by atoms with Crippen molar-refractivity contribution in [2.24, 2.45) is 5.92 Å². The second kappa shape index (κ2) is 8.63. The number of rotatable bonds is 7. The van der Waals surface area contributed by atoms with E-state index in [1.165, 1.54) is 0 Å². The number of aliphatic hydroxyl groups excluding tert-OH is 1. The molecular formula is C23H27FN4O3. The number of allylic oxidation sites excluding steroid dienone is 2. The van der Waals surface area contributed by atoms with Crippen molar-refractivity contribution < 1.29 is 19.0 Å². The Morgan fingerprint density at radius 2 is 2.23 bits per heavy atom. The molecule has 1 aliphatic heterocycles. The van der Waals surface area contributed by atoms with E-state index in [0.717, 1.165) is 34.9 Å². The van der Waals surface area contributed by atoms with Crippen LogP contribution in [0.4, 0.5) is 10.2 Å². The summed E-state index contributed by atoms with van der Waals surface area (Å²) in [6.45, 7) is 4.04. The van der Waals surface area contributed by atoms with E-state index < -0.39 is 18.2 Å². The molecule has 3 N–H and O–H groups in total. The van der Waals surface area contributed by atoms with Gasteiger partial charge in [-0.1, -0.05) is 19.4 Å². The smallest absolute Gasteiger partial charge is 0.231 e. The summed E-state index contributed by atoms with van der Waals surface area (Å²) in [6, 6.07) is 3.46. The van der Waals surface area contributed by atoms with E-state index in [4.69, 9.17) is 4.74 Å². The third-order valence-electron chi connectivity index (χ3n) is 5.72. The van der Waals surface area contributed by atoms with Crippen LogP contribution in [-0.4, -0.2) is 46.4 Å². The number of alkyl halides is 1. The zero-order valence-corrected chi connectivity index (χ0v) is 17.9. The van der Waals surface area contributed by atoms with Gasteiger partial charge in [-0.25, -0.2) is 14.4 Å². The lowest BCUT2D eigenvalue weighted by Crippen LogP contribution is -2.37. The van der Waals surface area contributed by atoms with Crippen LogP contribution < -0.4 is 15.4 Å². The number of nitrogens with zero attached hydrogens (tertiary/aromatic N) is 2. The van der Waals surface area contributed by atoms with Gasteiger partial charge in [0, 0.05) is 35.0 Å². The van der Waals surface area contributed by atoms with Gasteiger partial charge in [-0.15, -0.1) is 0 Å². The first-order chi connectivity index (χ1) is 14.9. The van der Waals surface area contributed by atoms with Crippen molar-refractivity contribution >= 4 is 28.2 Å². The number of hydrogen-bond donors (Lipinski definition) is 3. The number of carbonyl (C=O) groups is 1. The topological polar surface area (TPSA) is 96.4 Å². The van der Waals surface area contributed by atoms with Crippen molar-refractivity contribution in [3.63, 3.8) is 0 Å². The Hall–Kier alpha value is -3.00. The largest absolute Gasteiger partial charge is 0.481 e. The number of nitrogens with one attached hydrogen (secondary N) is 2. The summed E-state index contributed by atoms with van der Waals surface area (Å²) in [4.78, 5) is 20.9. The molecule has 1 amide bonds. The zero-order valence-electron chi connectivity index (χ0n) is 17.9. The molecule has 1 aliphatic carbocycles. The summed E-state index contributed by atoms with van der Waals surface area (Å²) >= 11 is 0. The van der Waals surface area contributed by atoms with E-state index in [1.54, 1.807) is 19.4 Å². The molecule has 0 spiro atoms. The van der Waals surface area contributed by atoms with Crippen molar-refractivity contribution in [1.29, 1.82) is 0 Å². The number of pyridine rings is 2. The number of aromatic nitrogens is 2. The van der Waals surface area contributed by atoms with Gasteiger partial charge in [0.1, 0.15) is 12.0 Å². The van der Waals surface area contributed by atoms with Gasteiger partial charge in [-0.2, -0.15) is 0 Å². The number of amides is 1. The van der Waals surface area contributed by atoms with Gasteiger partial charge in [-0.3, -0.25) is 4.79 Å². The Labute approximate surface area is 180 Å². The van der Waals surface area contributed by atoms with Crippen LogP contribution in [0.5, 0.6) is 5.88 Å². The Morgan fingerprint density at radius 1 is 1.45 bits per heavy atom. The van der Waals surface area contributed by atoms with Crippen LogP contribution in [-0.2, 0) is 4.79 Å². The molecule has 0 radical (unpaired) electrons. The summed E-state index contributed by atoms with van der Waals surface area (Å²) in [6.07, 6.45) is 5.93. The van der Waals surface area contributed by atoms with Gasteiger partial charge < -0.3 is 20.5 Å². The Kier molecular flexibility index (Phi) is 5.91. The molecule has 0 aromatic carbocycles. The SMILES string of the molecule is CCCC(O)C1C=C(C)C(c2cc3cnc(NC(=O)C4CC4F)cc3nc2OC)=CN1. The van der Waals surface area contributed by atoms with Gasteiger partial charge in [0.2, 0.25) is 11.8 Å². The summed E-state index contributed by atoms with van der Waals surface area (Å²) < 4.78 is 18.6. The molecule has 164 valence electrons. The van der Waals surface area contributed by atoms with E-state index in [9.17, 15) is 14.3 Å². The van der Waals surface area contributed by atoms with Crippen molar-refractivity contribution in [3.05, 3.63) is 41.7 Å². The number of fused-ring (bicyclic) bond motifs is 1. The molecular weight excluding hydrogens is 399 g/mol. The highest BCUT2D eigenvalue weighted by Crippen LogP contribution is 2.36. The predicted molar refractivity (Wildman–Crippen MR) is 117 cm³/mol. The standard InChI is InChI=1S/C23H27FN4O3/c1-4-5-20(29)19-6-12(2)16(11-25-19)14-7-13-10-26-21(9-18(13)27-23(14)31-3)28-22(30)15-8-17(15)24/h6-7,9-11,15,17,19-20,25,29H,4-5,8H2,1-3H3,(H,26,28,30). The highest BCUT2D eigenvalue weighted by Gasteiger charge is 2.43. The Bertz CT molecular complexity index is 1070. The molecule has 2 aromatic heterocycles. The molecule has 2 aromatic rings. The number of aliphatic hydroxyl groups is 1. The maximum absolute atomic E-state index is 13.1. The third-order valence-corrected chi connectivity index (χ3v) is 5.72. The molecule has 7 nitrogen and oxygen atoms in total. The fraction of sp³-hybridized carbons (Fsp3) is 0.435. The second-order valence-electron chi connectivity index (χ2n) is 8.11. The number of ether oxygens (including phenoxy) is 1. The molecule has 4 rings (SSSR count). The average Bonchev–Trinajstić information content (AvgIpc) is 3.49. The molecule has 8 heteroatoms. The number of carbonyl (C=O) groups excluding carboxylic acids is 1. The minimum absolute atomic E-state index is 0.133. The predicted octanol–water partition coefficient (Wildman–Crippen LogP) is 3.35. The van der Waals surface area contributed by atoms with Crippen molar-refractivity contribution in [3.8, 4) is 5.88 Å². The van der Waals surface area contributed by atoms with Gasteiger partial charge in [0.15, 0.2) is 0 Å². The summed E-state index contributed by atoms with van der Waals surface area (Å²) in [7, 11) is 1.56. The maximum atomic E-state index is 13.1. The highest BCUT2D eigenvalue weighted by atomic mass is 19.1. The van der Waals surface area contributed by atoms with Crippen LogP contribution in [0.1, 0.15) is 38.7 Å².